The van der Waals surface area contributed by atoms with E-state index in [4.69, 9.17) is 16.9 Å². The van der Waals surface area contributed by atoms with Crippen molar-refractivity contribution in [2.75, 3.05) is 0 Å². The number of nitrogens with zero attached hydrogens (tertiary/aromatic N) is 2. The van der Waals surface area contributed by atoms with Crippen molar-refractivity contribution < 1.29 is 13.2 Å². The van der Waals surface area contributed by atoms with Crippen LogP contribution in [-0.4, -0.2) is 18.9 Å². The number of amides is 1. The number of carbonyl (C=O) groups is 1. The Labute approximate surface area is 173 Å². The third kappa shape index (κ3) is 4.17. The molecule has 9 heteroatoms. The molecular formula is C20H17ClN4O3S. The molecule has 0 spiro atoms. The maximum atomic E-state index is 12.6. The molecule has 1 aromatic heterocycles. The third-order valence-corrected chi connectivity index (χ3v) is 5.92. The molecule has 3 aromatic rings. The second kappa shape index (κ2) is 8.09. The Balaban J connectivity index is 1.81. The van der Waals surface area contributed by atoms with Gasteiger partial charge in [0.1, 0.15) is 6.07 Å². The Kier molecular flexibility index (Phi) is 5.75. The summed E-state index contributed by atoms with van der Waals surface area (Å²) in [6.45, 7) is 3.64. The Hall–Kier alpha value is -3.12. The molecule has 2 aromatic carbocycles. The molecule has 29 heavy (non-hydrogen) atoms. The van der Waals surface area contributed by atoms with Gasteiger partial charge in [0.2, 0.25) is 0 Å². The third-order valence-electron chi connectivity index (χ3n) is 4.36. The molecule has 0 atom stereocenters. The Morgan fingerprint density at radius 3 is 2.41 bits per heavy atom. The molecule has 0 saturated carbocycles. The lowest BCUT2D eigenvalue weighted by atomic mass is 10.2. The Bertz CT molecular complexity index is 1230. The number of aryl methyl sites for hydroxylation is 1. The molecule has 148 valence electrons. The fourth-order valence-electron chi connectivity index (χ4n) is 2.96. The molecule has 0 radical (unpaired) electrons. The molecule has 0 aliphatic heterocycles. The maximum Gasteiger partial charge on any atom is 0.268 e. The molecule has 0 saturated heterocycles. The normalized spacial score (nSPS) is 11.1. The van der Waals surface area contributed by atoms with E-state index < -0.39 is 15.9 Å². The number of hydrazine groups is 1. The summed E-state index contributed by atoms with van der Waals surface area (Å²) in [5.41, 5.74) is 5.12. The minimum Gasteiger partial charge on any atom is -0.318 e. The summed E-state index contributed by atoms with van der Waals surface area (Å²) < 4.78 is 26.8. The van der Waals surface area contributed by atoms with E-state index in [1.54, 1.807) is 13.0 Å². The smallest absolute Gasteiger partial charge is 0.268 e. The summed E-state index contributed by atoms with van der Waals surface area (Å²) in [5, 5.41) is 8.90. The van der Waals surface area contributed by atoms with Gasteiger partial charge in [0.15, 0.2) is 0 Å². The van der Waals surface area contributed by atoms with Gasteiger partial charge in [-0.1, -0.05) is 29.8 Å². The van der Waals surface area contributed by atoms with Gasteiger partial charge < -0.3 is 4.57 Å². The van der Waals surface area contributed by atoms with E-state index in [0.717, 1.165) is 17.4 Å². The standard InChI is InChI=1S/C20H17ClN4O3S/c1-13-10-18(14(2)25(13)16-6-4-3-5-7-16)20(26)23-24-29(27,28)17-9-8-15(12-22)19(21)11-17/h3-11,24H,1-2H3,(H,23,26). The molecule has 0 bridgehead atoms. The van der Waals surface area contributed by atoms with Crippen LogP contribution in [0.3, 0.4) is 0 Å². The van der Waals surface area contributed by atoms with Gasteiger partial charge in [0.05, 0.1) is 21.0 Å². The van der Waals surface area contributed by atoms with Crippen LogP contribution in [0.15, 0.2) is 59.5 Å². The number of hydrogen-bond acceptors (Lipinski definition) is 4. The summed E-state index contributed by atoms with van der Waals surface area (Å²) in [5.74, 6) is -0.594. The predicted octanol–water partition coefficient (Wildman–Crippen LogP) is 3.24. The molecule has 2 N–H and O–H groups in total. The van der Waals surface area contributed by atoms with Crippen LogP contribution in [0.1, 0.15) is 27.3 Å². The molecule has 1 heterocycles. The zero-order valence-electron chi connectivity index (χ0n) is 15.6. The van der Waals surface area contributed by atoms with Crippen LogP contribution < -0.4 is 10.3 Å². The minimum atomic E-state index is -4.06. The quantitative estimate of drug-likeness (QED) is 0.608. The van der Waals surface area contributed by atoms with E-state index >= 15 is 0 Å². The largest absolute Gasteiger partial charge is 0.318 e. The second-order valence-electron chi connectivity index (χ2n) is 6.27. The van der Waals surface area contributed by atoms with Crippen LogP contribution >= 0.6 is 11.6 Å². The number of rotatable bonds is 5. The maximum absolute atomic E-state index is 12.6. The average Bonchev–Trinajstić information content (AvgIpc) is 3.01. The van der Waals surface area contributed by atoms with E-state index in [2.05, 4.69) is 10.3 Å². The highest BCUT2D eigenvalue weighted by Crippen LogP contribution is 2.21. The van der Waals surface area contributed by atoms with Crippen LogP contribution in [-0.2, 0) is 10.0 Å². The van der Waals surface area contributed by atoms with E-state index in [-0.39, 0.29) is 15.5 Å². The molecule has 3 rings (SSSR count). The summed E-state index contributed by atoms with van der Waals surface area (Å²) in [4.78, 5) is 14.5. The first-order chi connectivity index (χ1) is 13.7. The van der Waals surface area contributed by atoms with Crippen molar-refractivity contribution in [3.63, 3.8) is 0 Å². The number of para-hydroxylation sites is 1. The van der Waals surface area contributed by atoms with Gasteiger partial charge in [-0.2, -0.15) is 5.26 Å². The summed E-state index contributed by atoms with van der Waals surface area (Å²) in [7, 11) is -4.06. The first-order valence-corrected chi connectivity index (χ1v) is 10.4. The Morgan fingerprint density at radius 2 is 1.79 bits per heavy atom. The number of nitrogens with one attached hydrogen (secondary N) is 2. The van der Waals surface area contributed by atoms with E-state index in [0.29, 0.717) is 11.3 Å². The molecule has 7 nitrogen and oxygen atoms in total. The number of sulfonamides is 1. The molecule has 0 fully saturated rings. The first kappa shape index (κ1) is 20.6. The number of nitriles is 1. The fraction of sp³-hybridized carbons (Fsp3) is 0.100. The summed E-state index contributed by atoms with van der Waals surface area (Å²) in [6.07, 6.45) is 0. The minimum absolute atomic E-state index is 0.00751. The van der Waals surface area contributed by atoms with Gasteiger partial charge in [0.25, 0.3) is 15.9 Å². The number of carbonyl (C=O) groups excluding carboxylic acids is 1. The van der Waals surface area contributed by atoms with Gasteiger partial charge in [-0.25, -0.2) is 8.42 Å². The zero-order chi connectivity index (χ0) is 21.2. The lowest BCUT2D eigenvalue weighted by molar-refractivity contribution is 0.0944. The van der Waals surface area contributed by atoms with Crippen LogP contribution in [0.5, 0.6) is 0 Å². The Morgan fingerprint density at radius 1 is 1.10 bits per heavy atom. The van der Waals surface area contributed by atoms with Crippen molar-refractivity contribution in [1.82, 2.24) is 14.8 Å². The molecular weight excluding hydrogens is 412 g/mol. The van der Waals surface area contributed by atoms with Crippen LogP contribution in [0.25, 0.3) is 5.69 Å². The summed E-state index contributed by atoms with van der Waals surface area (Å²) in [6, 6.07) is 16.7. The number of aromatic nitrogens is 1. The van der Waals surface area contributed by atoms with Gasteiger partial charge >= 0.3 is 0 Å². The first-order valence-electron chi connectivity index (χ1n) is 8.51. The molecule has 1 amide bonds. The van der Waals surface area contributed by atoms with Crippen molar-refractivity contribution in [3.05, 3.63) is 82.1 Å². The highest BCUT2D eigenvalue weighted by molar-refractivity contribution is 7.89. The van der Waals surface area contributed by atoms with Crippen molar-refractivity contribution in [1.29, 1.82) is 5.26 Å². The molecule has 0 aliphatic rings. The highest BCUT2D eigenvalue weighted by atomic mass is 35.5. The predicted molar refractivity (Wildman–Crippen MR) is 109 cm³/mol. The fourth-order valence-corrected chi connectivity index (χ4v) is 4.11. The van der Waals surface area contributed by atoms with Gasteiger partial charge in [-0.3, -0.25) is 10.2 Å². The van der Waals surface area contributed by atoms with E-state index in [1.165, 1.54) is 12.1 Å². The zero-order valence-corrected chi connectivity index (χ0v) is 17.2. The van der Waals surface area contributed by atoms with Gasteiger partial charge in [-0.15, -0.1) is 4.83 Å². The average molecular weight is 429 g/mol. The van der Waals surface area contributed by atoms with Gasteiger partial charge in [-0.05, 0) is 50.2 Å². The van der Waals surface area contributed by atoms with Crippen molar-refractivity contribution in [3.8, 4) is 11.8 Å². The van der Waals surface area contributed by atoms with Gasteiger partial charge in [0, 0.05) is 17.1 Å². The number of hydrogen-bond donors (Lipinski definition) is 2. The van der Waals surface area contributed by atoms with Crippen molar-refractivity contribution in [2.45, 2.75) is 18.7 Å². The monoisotopic (exact) mass is 428 g/mol. The number of halogens is 1. The van der Waals surface area contributed by atoms with Crippen LogP contribution in [0.4, 0.5) is 0 Å². The SMILES string of the molecule is Cc1cc(C(=O)NNS(=O)(=O)c2ccc(C#N)c(Cl)c2)c(C)n1-c1ccccc1. The number of benzene rings is 2. The second-order valence-corrected chi connectivity index (χ2v) is 8.36. The van der Waals surface area contributed by atoms with Crippen LogP contribution in [0.2, 0.25) is 5.02 Å². The van der Waals surface area contributed by atoms with Crippen molar-refractivity contribution in [2.24, 2.45) is 0 Å². The summed E-state index contributed by atoms with van der Waals surface area (Å²) >= 11 is 5.89. The lowest BCUT2D eigenvalue weighted by Gasteiger charge is -2.11. The van der Waals surface area contributed by atoms with E-state index in [9.17, 15) is 13.2 Å². The lowest BCUT2D eigenvalue weighted by Crippen LogP contribution is -2.41. The van der Waals surface area contributed by atoms with Crippen LogP contribution in [0, 0.1) is 25.2 Å². The van der Waals surface area contributed by atoms with E-state index in [1.807, 2.05) is 47.9 Å². The topological polar surface area (TPSA) is 104 Å². The van der Waals surface area contributed by atoms with Crippen molar-refractivity contribution >= 4 is 27.5 Å². The molecule has 0 unspecified atom stereocenters. The molecule has 0 aliphatic carbocycles. The highest BCUT2D eigenvalue weighted by Gasteiger charge is 2.20.